The minimum atomic E-state index is 0.652. The standard InChI is InChI=1S/C19H18ClN3O2S/c1-23-7-8-25-18-15(9-12(20)10-17(18)23)16-11-26-19(22-16)21-13-3-5-14(24-2)6-4-13/h3-6,9-11H,7-8H2,1-2H3,(H,21,22). The van der Waals surface area contributed by atoms with Crippen molar-refractivity contribution < 1.29 is 9.47 Å². The van der Waals surface area contributed by atoms with E-state index in [4.69, 9.17) is 26.1 Å². The van der Waals surface area contributed by atoms with Gasteiger partial charge in [0.2, 0.25) is 0 Å². The van der Waals surface area contributed by atoms with Gasteiger partial charge in [-0.05, 0) is 36.4 Å². The highest BCUT2D eigenvalue weighted by Gasteiger charge is 2.22. The van der Waals surface area contributed by atoms with Gasteiger partial charge in [0.05, 0.1) is 25.0 Å². The van der Waals surface area contributed by atoms with Gasteiger partial charge < -0.3 is 19.7 Å². The number of methoxy groups -OCH3 is 1. The van der Waals surface area contributed by atoms with E-state index in [0.29, 0.717) is 11.6 Å². The first-order valence-corrected chi connectivity index (χ1v) is 9.44. The van der Waals surface area contributed by atoms with Gasteiger partial charge in [-0.2, -0.15) is 0 Å². The van der Waals surface area contributed by atoms with Crippen molar-refractivity contribution in [3.8, 4) is 22.8 Å². The molecule has 0 aliphatic carbocycles. The van der Waals surface area contributed by atoms with Gasteiger partial charge in [0.1, 0.15) is 12.4 Å². The largest absolute Gasteiger partial charge is 0.497 e. The SMILES string of the molecule is COc1ccc(Nc2nc(-c3cc(Cl)cc4c3OCCN4C)cs2)cc1. The van der Waals surface area contributed by atoms with Crippen LogP contribution in [0.15, 0.2) is 41.8 Å². The molecule has 5 nitrogen and oxygen atoms in total. The van der Waals surface area contributed by atoms with Gasteiger partial charge in [0, 0.05) is 28.7 Å². The highest BCUT2D eigenvalue weighted by Crippen LogP contribution is 2.43. The fraction of sp³-hybridized carbons (Fsp3) is 0.211. The maximum atomic E-state index is 6.33. The van der Waals surface area contributed by atoms with Crippen LogP contribution in [-0.4, -0.2) is 32.3 Å². The molecule has 1 aliphatic heterocycles. The zero-order chi connectivity index (χ0) is 18.1. The molecule has 1 aromatic heterocycles. The molecule has 26 heavy (non-hydrogen) atoms. The number of rotatable bonds is 4. The number of hydrogen-bond acceptors (Lipinski definition) is 6. The van der Waals surface area contributed by atoms with Gasteiger partial charge in [-0.1, -0.05) is 11.6 Å². The van der Waals surface area contributed by atoms with Gasteiger partial charge in [0.25, 0.3) is 0 Å². The lowest BCUT2D eigenvalue weighted by Crippen LogP contribution is -2.29. The second-order valence-electron chi connectivity index (χ2n) is 5.96. The lowest BCUT2D eigenvalue weighted by atomic mass is 10.1. The summed E-state index contributed by atoms with van der Waals surface area (Å²) in [5, 5.41) is 6.81. The number of aromatic nitrogens is 1. The van der Waals surface area contributed by atoms with Gasteiger partial charge in [-0.25, -0.2) is 4.98 Å². The van der Waals surface area contributed by atoms with Crippen LogP contribution in [0.25, 0.3) is 11.3 Å². The maximum absolute atomic E-state index is 6.33. The molecule has 0 unspecified atom stereocenters. The van der Waals surface area contributed by atoms with E-state index in [9.17, 15) is 0 Å². The topological polar surface area (TPSA) is 46.6 Å². The lowest BCUT2D eigenvalue weighted by Gasteiger charge is -2.29. The second kappa shape index (κ2) is 7.05. The number of ether oxygens (including phenoxy) is 2. The van der Waals surface area contributed by atoms with Crippen molar-refractivity contribution in [3.63, 3.8) is 0 Å². The molecule has 0 spiro atoms. The third kappa shape index (κ3) is 3.30. The molecule has 1 aliphatic rings. The number of nitrogens with one attached hydrogen (secondary N) is 1. The molecule has 0 atom stereocenters. The quantitative estimate of drug-likeness (QED) is 0.679. The minimum Gasteiger partial charge on any atom is -0.497 e. The van der Waals surface area contributed by atoms with Crippen molar-refractivity contribution in [2.75, 3.05) is 37.5 Å². The number of anilines is 3. The van der Waals surface area contributed by atoms with Crippen LogP contribution >= 0.6 is 22.9 Å². The molecule has 3 aromatic rings. The molecule has 0 saturated carbocycles. The van der Waals surface area contributed by atoms with Crippen LogP contribution in [0.4, 0.5) is 16.5 Å². The van der Waals surface area contributed by atoms with Crippen LogP contribution in [0.3, 0.4) is 0 Å². The predicted molar refractivity (Wildman–Crippen MR) is 108 cm³/mol. The Morgan fingerprint density at radius 2 is 2.08 bits per heavy atom. The summed E-state index contributed by atoms with van der Waals surface area (Å²) in [6.07, 6.45) is 0. The average Bonchev–Trinajstić information content (AvgIpc) is 3.11. The average molecular weight is 388 g/mol. The Bertz CT molecular complexity index is 927. The summed E-state index contributed by atoms with van der Waals surface area (Å²) >= 11 is 7.87. The smallest absolute Gasteiger partial charge is 0.187 e. The summed E-state index contributed by atoms with van der Waals surface area (Å²) < 4.78 is 11.1. The normalized spacial score (nSPS) is 13.1. The van der Waals surface area contributed by atoms with E-state index in [1.165, 1.54) is 0 Å². The van der Waals surface area contributed by atoms with E-state index in [1.54, 1.807) is 18.4 Å². The van der Waals surface area contributed by atoms with E-state index in [2.05, 4.69) is 10.2 Å². The first-order valence-electron chi connectivity index (χ1n) is 8.18. The molecule has 7 heteroatoms. The minimum absolute atomic E-state index is 0.652. The molecule has 1 N–H and O–H groups in total. The van der Waals surface area contributed by atoms with Crippen LogP contribution < -0.4 is 19.7 Å². The molecular weight excluding hydrogens is 370 g/mol. The molecule has 0 radical (unpaired) electrons. The van der Waals surface area contributed by atoms with Crippen LogP contribution in [-0.2, 0) is 0 Å². The van der Waals surface area contributed by atoms with Crippen LogP contribution in [0, 0.1) is 0 Å². The Morgan fingerprint density at radius 3 is 2.85 bits per heavy atom. The van der Waals surface area contributed by atoms with Gasteiger partial charge in [0.15, 0.2) is 10.9 Å². The predicted octanol–water partition coefficient (Wildman–Crippen LogP) is 5.04. The van der Waals surface area contributed by atoms with E-state index in [-0.39, 0.29) is 0 Å². The number of nitrogens with zero attached hydrogens (tertiary/aromatic N) is 2. The van der Waals surface area contributed by atoms with Crippen molar-refractivity contribution in [2.45, 2.75) is 0 Å². The van der Waals surface area contributed by atoms with Crippen LogP contribution in [0.1, 0.15) is 0 Å². The van der Waals surface area contributed by atoms with E-state index in [0.717, 1.165) is 45.8 Å². The first-order chi connectivity index (χ1) is 12.6. The number of fused-ring (bicyclic) bond motifs is 1. The Kier molecular flexibility index (Phi) is 4.61. The number of benzene rings is 2. The zero-order valence-electron chi connectivity index (χ0n) is 14.5. The van der Waals surface area contributed by atoms with Crippen molar-refractivity contribution in [3.05, 3.63) is 46.8 Å². The molecule has 0 saturated heterocycles. The van der Waals surface area contributed by atoms with E-state index >= 15 is 0 Å². The summed E-state index contributed by atoms with van der Waals surface area (Å²) in [4.78, 5) is 6.86. The molecule has 134 valence electrons. The van der Waals surface area contributed by atoms with Crippen LogP contribution in [0.2, 0.25) is 5.02 Å². The summed E-state index contributed by atoms with van der Waals surface area (Å²) in [6, 6.07) is 11.6. The Morgan fingerprint density at radius 1 is 1.27 bits per heavy atom. The summed E-state index contributed by atoms with van der Waals surface area (Å²) in [5.74, 6) is 1.66. The van der Waals surface area contributed by atoms with Crippen LogP contribution in [0.5, 0.6) is 11.5 Å². The van der Waals surface area contributed by atoms with Gasteiger partial charge >= 0.3 is 0 Å². The fourth-order valence-electron chi connectivity index (χ4n) is 2.86. The van der Waals surface area contributed by atoms with Crippen molar-refractivity contribution in [1.82, 2.24) is 4.98 Å². The van der Waals surface area contributed by atoms with Gasteiger partial charge in [-0.3, -0.25) is 0 Å². The molecule has 2 heterocycles. The first kappa shape index (κ1) is 17.0. The van der Waals surface area contributed by atoms with Crippen molar-refractivity contribution in [2.24, 2.45) is 0 Å². The molecule has 0 fully saturated rings. The fourth-order valence-corrected chi connectivity index (χ4v) is 3.81. The third-order valence-electron chi connectivity index (χ3n) is 4.24. The Hall–Kier alpha value is -2.44. The third-order valence-corrected chi connectivity index (χ3v) is 5.22. The van der Waals surface area contributed by atoms with E-state index < -0.39 is 0 Å². The Labute approximate surface area is 161 Å². The highest BCUT2D eigenvalue weighted by molar-refractivity contribution is 7.14. The van der Waals surface area contributed by atoms with Gasteiger partial charge in [-0.15, -0.1) is 11.3 Å². The number of halogens is 1. The molecule has 2 aromatic carbocycles. The molecular formula is C19H18ClN3O2S. The summed E-state index contributed by atoms with van der Waals surface area (Å²) in [7, 11) is 3.69. The zero-order valence-corrected chi connectivity index (χ0v) is 16.0. The monoisotopic (exact) mass is 387 g/mol. The lowest BCUT2D eigenvalue weighted by molar-refractivity contribution is 0.312. The second-order valence-corrected chi connectivity index (χ2v) is 7.26. The molecule has 4 rings (SSSR count). The number of likely N-dealkylation sites (N-methyl/N-ethyl adjacent to an activating group) is 1. The van der Waals surface area contributed by atoms with Crippen molar-refractivity contribution >= 4 is 39.4 Å². The summed E-state index contributed by atoms with van der Waals surface area (Å²) in [6.45, 7) is 1.49. The number of thiazole rings is 1. The Balaban J connectivity index is 1.64. The molecule has 0 amide bonds. The van der Waals surface area contributed by atoms with Crippen molar-refractivity contribution in [1.29, 1.82) is 0 Å². The highest BCUT2D eigenvalue weighted by atomic mass is 35.5. The maximum Gasteiger partial charge on any atom is 0.187 e. The number of hydrogen-bond donors (Lipinski definition) is 1. The van der Waals surface area contributed by atoms with E-state index in [1.807, 2.05) is 48.8 Å². The summed E-state index contributed by atoms with van der Waals surface area (Å²) in [5.41, 5.74) is 3.71. The molecule has 0 bridgehead atoms.